The third kappa shape index (κ3) is 3.66. The second-order valence-corrected chi connectivity index (χ2v) is 6.95. The largest absolute Gasteiger partial charge is 0.488 e. The molecule has 0 saturated carbocycles. The quantitative estimate of drug-likeness (QED) is 0.640. The Hall–Kier alpha value is -0.670. The van der Waals surface area contributed by atoms with Gasteiger partial charge >= 0.3 is 6.18 Å². The number of allylic oxidation sites excluding steroid dienone is 1. The van der Waals surface area contributed by atoms with Crippen molar-refractivity contribution in [2.24, 2.45) is 16.2 Å². The minimum atomic E-state index is -4.33. The summed E-state index contributed by atoms with van der Waals surface area (Å²) in [6, 6.07) is 0. The molecule has 0 aromatic carbocycles. The molecule has 108 valence electrons. The Bertz CT molecular complexity index is 288. The van der Waals surface area contributed by atoms with E-state index in [1.807, 2.05) is 48.5 Å². The van der Waals surface area contributed by atoms with E-state index in [1.54, 1.807) is 0 Å². The second-order valence-electron chi connectivity index (χ2n) is 6.95. The number of halogens is 3. The van der Waals surface area contributed by atoms with Crippen LogP contribution in [-0.2, 0) is 4.74 Å². The summed E-state index contributed by atoms with van der Waals surface area (Å²) in [7, 11) is 0. The minimum absolute atomic E-state index is 0.194. The van der Waals surface area contributed by atoms with Gasteiger partial charge in [-0.25, -0.2) is 0 Å². The van der Waals surface area contributed by atoms with Crippen molar-refractivity contribution in [1.29, 1.82) is 0 Å². The summed E-state index contributed by atoms with van der Waals surface area (Å²) < 4.78 is 41.6. The summed E-state index contributed by atoms with van der Waals surface area (Å²) in [4.78, 5) is 0. The SMILES string of the molecule is C=C(OCC(F)(F)F)C(C)(C(C)(C)C)C(C)(C)C. The molecular formula is C14H25F3O. The number of rotatable bonds is 3. The van der Waals surface area contributed by atoms with Gasteiger partial charge in [0.1, 0.15) is 0 Å². The van der Waals surface area contributed by atoms with Crippen LogP contribution < -0.4 is 0 Å². The average Bonchev–Trinajstić information content (AvgIpc) is 2.07. The maximum absolute atomic E-state index is 12.2. The van der Waals surface area contributed by atoms with Gasteiger partial charge in [0.2, 0.25) is 0 Å². The molecule has 0 bridgehead atoms. The number of hydrogen-bond acceptors (Lipinski definition) is 1. The summed E-state index contributed by atoms with van der Waals surface area (Å²) in [5, 5.41) is 0. The van der Waals surface area contributed by atoms with Crippen molar-refractivity contribution in [1.82, 2.24) is 0 Å². The summed E-state index contributed by atoms with van der Waals surface area (Å²) in [6.45, 7) is 16.3. The Morgan fingerprint density at radius 3 is 1.44 bits per heavy atom. The first kappa shape index (κ1) is 17.3. The Balaban J connectivity index is 5.21. The van der Waals surface area contributed by atoms with Crippen LogP contribution in [0.3, 0.4) is 0 Å². The summed E-state index contributed by atoms with van der Waals surface area (Å²) in [5.74, 6) is 0.194. The van der Waals surface area contributed by atoms with Crippen LogP contribution in [0.1, 0.15) is 48.5 Å². The lowest BCUT2D eigenvalue weighted by molar-refractivity contribution is -0.175. The Kier molecular flexibility index (Phi) is 4.60. The maximum Gasteiger partial charge on any atom is 0.422 e. The molecule has 0 fully saturated rings. The summed E-state index contributed by atoms with van der Waals surface area (Å²) in [6.07, 6.45) is -4.33. The van der Waals surface area contributed by atoms with E-state index in [1.165, 1.54) is 0 Å². The van der Waals surface area contributed by atoms with Gasteiger partial charge in [-0.15, -0.1) is 0 Å². The van der Waals surface area contributed by atoms with Gasteiger partial charge in [0.25, 0.3) is 0 Å². The summed E-state index contributed by atoms with van der Waals surface area (Å²) in [5.41, 5.74) is -1.08. The zero-order valence-corrected chi connectivity index (χ0v) is 12.5. The van der Waals surface area contributed by atoms with E-state index in [9.17, 15) is 13.2 Å². The zero-order chi connectivity index (χ0) is 15.0. The van der Waals surface area contributed by atoms with Crippen molar-refractivity contribution in [2.45, 2.75) is 54.6 Å². The zero-order valence-electron chi connectivity index (χ0n) is 12.5. The number of hydrogen-bond donors (Lipinski definition) is 0. The fourth-order valence-electron chi connectivity index (χ4n) is 2.27. The van der Waals surface area contributed by atoms with Crippen molar-refractivity contribution in [3.63, 3.8) is 0 Å². The molecule has 0 unspecified atom stereocenters. The van der Waals surface area contributed by atoms with Gasteiger partial charge in [0, 0.05) is 5.41 Å². The van der Waals surface area contributed by atoms with E-state index < -0.39 is 18.2 Å². The lowest BCUT2D eigenvalue weighted by Gasteiger charge is -2.51. The first-order chi connectivity index (χ1) is 7.63. The maximum atomic E-state index is 12.2. The van der Waals surface area contributed by atoms with Crippen LogP contribution in [0.2, 0.25) is 0 Å². The molecule has 0 spiro atoms. The van der Waals surface area contributed by atoms with Crippen molar-refractivity contribution in [3.8, 4) is 0 Å². The van der Waals surface area contributed by atoms with Gasteiger partial charge in [-0.2, -0.15) is 13.2 Å². The van der Waals surface area contributed by atoms with Gasteiger partial charge in [-0.05, 0) is 10.8 Å². The van der Waals surface area contributed by atoms with Crippen LogP contribution in [0, 0.1) is 16.2 Å². The van der Waals surface area contributed by atoms with Crippen LogP contribution >= 0.6 is 0 Å². The number of alkyl halides is 3. The normalized spacial score (nSPS) is 14.6. The second kappa shape index (κ2) is 4.78. The first-order valence-corrected chi connectivity index (χ1v) is 6.02. The van der Waals surface area contributed by atoms with Crippen LogP contribution in [-0.4, -0.2) is 12.8 Å². The van der Waals surface area contributed by atoms with Gasteiger partial charge in [0.05, 0.1) is 5.76 Å². The highest BCUT2D eigenvalue weighted by atomic mass is 19.4. The van der Waals surface area contributed by atoms with E-state index in [0.29, 0.717) is 0 Å². The van der Waals surface area contributed by atoms with Gasteiger partial charge in [-0.3, -0.25) is 0 Å². The van der Waals surface area contributed by atoms with E-state index in [-0.39, 0.29) is 16.6 Å². The average molecular weight is 266 g/mol. The molecule has 0 aromatic heterocycles. The van der Waals surface area contributed by atoms with Crippen LogP contribution in [0.25, 0.3) is 0 Å². The smallest absolute Gasteiger partial charge is 0.422 e. The van der Waals surface area contributed by atoms with E-state index in [4.69, 9.17) is 4.74 Å². The van der Waals surface area contributed by atoms with E-state index >= 15 is 0 Å². The van der Waals surface area contributed by atoms with Crippen molar-refractivity contribution < 1.29 is 17.9 Å². The fourth-order valence-corrected chi connectivity index (χ4v) is 2.27. The third-order valence-corrected chi connectivity index (χ3v) is 3.97. The number of ether oxygens (including phenoxy) is 1. The molecule has 4 heteroatoms. The molecule has 1 nitrogen and oxygen atoms in total. The standard InChI is InChI=1S/C14H25F3O/c1-10(18-9-14(15,16)17)13(8,11(2,3)4)12(5,6)7/h1,9H2,2-8H3. The Morgan fingerprint density at radius 1 is 0.889 bits per heavy atom. The van der Waals surface area contributed by atoms with E-state index in [0.717, 1.165) is 0 Å². The highest BCUT2D eigenvalue weighted by Crippen LogP contribution is 2.55. The Morgan fingerprint density at radius 2 is 1.22 bits per heavy atom. The molecule has 18 heavy (non-hydrogen) atoms. The summed E-state index contributed by atoms with van der Waals surface area (Å²) >= 11 is 0. The molecule has 0 amide bonds. The van der Waals surface area contributed by atoms with E-state index in [2.05, 4.69) is 6.58 Å². The molecule has 0 radical (unpaired) electrons. The molecule has 0 aliphatic heterocycles. The topological polar surface area (TPSA) is 9.23 Å². The fraction of sp³-hybridized carbons (Fsp3) is 0.857. The molecule has 0 aliphatic carbocycles. The minimum Gasteiger partial charge on any atom is -0.488 e. The van der Waals surface area contributed by atoms with Crippen molar-refractivity contribution >= 4 is 0 Å². The molecule has 0 N–H and O–H groups in total. The first-order valence-electron chi connectivity index (χ1n) is 6.02. The monoisotopic (exact) mass is 266 g/mol. The molecule has 0 saturated heterocycles. The molecular weight excluding hydrogens is 241 g/mol. The predicted octanol–water partition coefficient (Wildman–Crippen LogP) is 5.18. The molecule has 0 atom stereocenters. The van der Waals surface area contributed by atoms with Crippen LogP contribution in [0.4, 0.5) is 13.2 Å². The van der Waals surface area contributed by atoms with Crippen LogP contribution in [0.5, 0.6) is 0 Å². The van der Waals surface area contributed by atoms with Gasteiger partial charge in [-0.1, -0.05) is 55.0 Å². The highest BCUT2D eigenvalue weighted by molar-refractivity contribution is 5.12. The lowest BCUT2D eigenvalue weighted by atomic mass is 9.54. The van der Waals surface area contributed by atoms with Crippen molar-refractivity contribution in [2.75, 3.05) is 6.61 Å². The van der Waals surface area contributed by atoms with Crippen molar-refractivity contribution in [3.05, 3.63) is 12.3 Å². The molecule has 0 rings (SSSR count). The van der Waals surface area contributed by atoms with Crippen LogP contribution in [0.15, 0.2) is 12.3 Å². The highest BCUT2D eigenvalue weighted by Gasteiger charge is 2.50. The Labute approximate surface area is 108 Å². The lowest BCUT2D eigenvalue weighted by Crippen LogP contribution is -2.46. The molecule has 0 aromatic rings. The molecule has 0 heterocycles. The van der Waals surface area contributed by atoms with Gasteiger partial charge < -0.3 is 4.74 Å². The molecule has 0 aliphatic rings. The third-order valence-electron chi connectivity index (χ3n) is 3.97. The predicted molar refractivity (Wildman–Crippen MR) is 68.2 cm³/mol. The van der Waals surface area contributed by atoms with Gasteiger partial charge in [0.15, 0.2) is 6.61 Å².